The molecule has 1 aliphatic rings. The van der Waals surface area contributed by atoms with Gasteiger partial charge in [0.25, 0.3) is 0 Å². The Morgan fingerprint density at radius 3 is 2.18 bits per heavy atom. The first-order chi connectivity index (χ1) is 7.70. The SMILES string of the molecule is CC1CC(NC(=O)N[C@H](C(=O)O)C(C)(C)C)C1. The summed E-state index contributed by atoms with van der Waals surface area (Å²) in [5.41, 5.74) is -0.504. The van der Waals surface area contributed by atoms with E-state index in [0.717, 1.165) is 12.8 Å². The summed E-state index contributed by atoms with van der Waals surface area (Å²) in [7, 11) is 0. The Bertz CT molecular complexity index is 303. The molecule has 0 aliphatic heterocycles. The molecule has 1 fully saturated rings. The van der Waals surface area contributed by atoms with Crippen molar-refractivity contribution in [3.63, 3.8) is 0 Å². The van der Waals surface area contributed by atoms with Crippen molar-refractivity contribution in [1.29, 1.82) is 0 Å². The maximum atomic E-state index is 11.6. The third-order valence-electron chi connectivity index (χ3n) is 3.10. The number of nitrogens with one attached hydrogen (secondary N) is 2. The van der Waals surface area contributed by atoms with Crippen LogP contribution in [0.5, 0.6) is 0 Å². The highest BCUT2D eigenvalue weighted by Crippen LogP contribution is 2.26. The zero-order valence-corrected chi connectivity index (χ0v) is 10.9. The number of rotatable bonds is 3. The fourth-order valence-corrected chi connectivity index (χ4v) is 2.03. The Morgan fingerprint density at radius 1 is 1.29 bits per heavy atom. The Morgan fingerprint density at radius 2 is 1.82 bits per heavy atom. The van der Waals surface area contributed by atoms with Crippen LogP contribution >= 0.6 is 0 Å². The number of amides is 2. The van der Waals surface area contributed by atoms with E-state index in [2.05, 4.69) is 17.6 Å². The monoisotopic (exact) mass is 242 g/mol. The fourth-order valence-electron chi connectivity index (χ4n) is 2.03. The third-order valence-corrected chi connectivity index (χ3v) is 3.10. The highest BCUT2D eigenvalue weighted by molar-refractivity contribution is 5.83. The van der Waals surface area contributed by atoms with Gasteiger partial charge in [0.15, 0.2) is 0 Å². The van der Waals surface area contributed by atoms with Gasteiger partial charge in [0, 0.05) is 6.04 Å². The second-order valence-corrected chi connectivity index (χ2v) is 6.03. The zero-order valence-electron chi connectivity index (χ0n) is 10.9. The summed E-state index contributed by atoms with van der Waals surface area (Å²) in [6.07, 6.45) is 1.95. The lowest BCUT2D eigenvalue weighted by molar-refractivity contribution is -0.141. The van der Waals surface area contributed by atoms with E-state index in [9.17, 15) is 9.59 Å². The third kappa shape index (κ3) is 3.91. The predicted molar refractivity (Wildman–Crippen MR) is 64.7 cm³/mol. The van der Waals surface area contributed by atoms with Gasteiger partial charge in [0.2, 0.25) is 0 Å². The molecule has 1 atom stereocenters. The molecule has 1 rings (SSSR count). The molecule has 0 saturated heterocycles. The Kier molecular flexibility index (Phi) is 4.01. The number of carbonyl (C=O) groups excluding carboxylic acids is 1. The summed E-state index contributed by atoms with van der Waals surface area (Å²) in [6, 6.07) is -1.07. The van der Waals surface area contributed by atoms with E-state index in [1.165, 1.54) is 0 Å². The van der Waals surface area contributed by atoms with Crippen LogP contribution in [0.3, 0.4) is 0 Å². The van der Waals surface area contributed by atoms with Crippen LogP contribution in [0.4, 0.5) is 4.79 Å². The Labute approximate surface area is 102 Å². The summed E-state index contributed by atoms with van der Waals surface area (Å²) < 4.78 is 0. The molecule has 0 radical (unpaired) electrons. The second kappa shape index (κ2) is 4.94. The van der Waals surface area contributed by atoms with Crippen molar-refractivity contribution < 1.29 is 14.7 Å². The average molecular weight is 242 g/mol. The quantitative estimate of drug-likeness (QED) is 0.703. The van der Waals surface area contributed by atoms with Gasteiger partial charge >= 0.3 is 12.0 Å². The van der Waals surface area contributed by atoms with Gasteiger partial charge in [-0.25, -0.2) is 9.59 Å². The maximum absolute atomic E-state index is 11.6. The molecule has 1 aliphatic carbocycles. The van der Waals surface area contributed by atoms with E-state index < -0.39 is 17.4 Å². The van der Waals surface area contributed by atoms with Crippen LogP contribution in [0.15, 0.2) is 0 Å². The van der Waals surface area contributed by atoms with E-state index in [-0.39, 0.29) is 12.1 Å². The molecule has 1 saturated carbocycles. The first-order valence-electron chi connectivity index (χ1n) is 6.00. The van der Waals surface area contributed by atoms with Crippen LogP contribution in [0.2, 0.25) is 0 Å². The van der Waals surface area contributed by atoms with Gasteiger partial charge in [0.1, 0.15) is 6.04 Å². The first kappa shape index (κ1) is 13.8. The summed E-state index contributed by atoms with van der Waals surface area (Å²) in [6.45, 7) is 7.50. The lowest BCUT2D eigenvalue weighted by Gasteiger charge is -2.34. The Hall–Kier alpha value is -1.26. The molecule has 0 bridgehead atoms. The van der Waals surface area contributed by atoms with Gasteiger partial charge in [-0.15, -0.1) is 0 Å². The van der Waals surface area contributed by atoms with Gasteiger partial charge in [0.05, 0.1) is 0 Å². The number of hydrogen-bond acceptors (Lipinski definition) is 2. The van der Waals surface area contributed by atoms with Crippen molar-refractivity contribution in [3.8, 4) is 0 Å². The second-order valence-electron chi connectivity index (χ2n) is 6.03. The van der Waals surface area contributed by atoms with Gasteiger partial charge in [-0.2, -0.15) is 0 Å². The minimum Gasteiger partial charge on any atom is -0.480 e. The molecule has 0 aromatic rings. The molecule has 0 aromatic carbocycles. The van der Waals surface area contributed by atoms with Crippen molar-refractivity contribution in [3.05, 3.63) is 0 Å². The number of carboxylic acid groups (broad SMARTS) is 1. The Balaban J connectivity index is 2.45. The molecule has 3 N–H and O–H groups in total. The van der Waals surface area contributed by atoms with Crippen molar-refractivity contribution in [2.75, 3.05) is 0 Å². The van der Waals surface area contributed by atoms with Gasteiger partial charge in [-0.1, -0.05) is 27.7 Å². The average Bonchev–Trinajstić information content (AvgIpc) is 2.09. The molecule has 0 aromatic heterocycles. The highest BCUT2D eigenvalue weighted by Gasteiger charge is 2.34. The van der Waals surface area contributed by atoms with Crippen molar-refractivity contribution >= 4 is 12.0 Å². The summed E-state index contributed by atoms with van der Waals surface area (Å²) in [5, 5.41) is 14.4. The van der Waals surface area contributed by atoms with Crippen LogP contribution in [-0.2, 0) is 4.79 Å². The lowest BCUT2D eigenvalue weighted by atomic mass is 9.82. The molecule has 0 spiro atoms. The molecule has 17 heavy (non-hydrogen) atoms. The number of urea groups is 1. The van der Waals surface area contributed by atoms with Crippen LogP contribution in [0, 0.1) is 11.3 Å². The van der Waals surface area contributed by atoms with Crippen molar-refractivity contribution in [1.82, 2.24) is 10.6 Å². The van der Waals surface area contributed by atoms with Crippen LogP contribution < -0.4 is 10.6 Å². The zero-order chi connectivity index (χ0) is 13.2. The minimum atomic E-state index is -1.00. The minimum absolute atomic E-state index is 0.194. The summed E-state index contributed by atoms with van der Waals surface area (Å²) >= 11 is 0. The van der Waals surface area contributed by atoms with Crippen molar-refractivity contribution in [2.24, 2.45) is 11.3 Å². The van der Waals surface area contributed by atoms with E-state index in [1.54, 1.807) is 20.8 Å². The van der Waals surface area contributed by atoms with E-state index in [4.69, 9.17) is 5.11 Å². The summed E-state index contributed by atoms with van der Waals surface area (Å²) in [5.74, 6) is -0.354. The number of carbonyl (C=O) groups is 2. The van der Waals surface area contributed by atoms with Crippen LogP contribution in [-0.4, -0.2) is 29.2 Å². The van der Waals surface area contributed by atoms with Gasteiger partial charge in [-0.3, -0.25) is 0 Å². The first-order valence-corrected chi connectivity index (χ1v) is 6.00. The molecule has 5 nitrogen and oxygen atoms in total. The van der Waals surface area contributed by atoms with Gasteiger partial charge < -0.3 is 15.7 Å². The molecule has 0 heterocycles. The number of aliphatic carboxylic acids is 1. The maximum Gasteiger partial charge on any atom is 0.326 e. The molecule has 2 amide bonds. The molecule has 5 heteroatoms. The smallest absolute Gasteiger partial charge is 0.326 e. The lowest BCUT2D eigenvalue weighted by Crippen LogP contribution is -2.55. The van der Waals surface area contributed by atoms with E-state index >= 15 is 0 Å². The van der Waals surface area contributed by atoms with E-state index in [1.807, 2.05) is 0 Å². The fraction of sp³-hybridized carbons (Fsp3) is 0.833. The number of carboxylic acids is 1. The number of hydrogen-bond donors (Lipinski definition) is 3. The standard InChI is InChI=1S/C12H22N2O3/c1-7-5-8(6-7)13-11(17)14-9(10(15)16)12(2,3)4/h7-9H,5-6H2,1-4H3,(H,15,16)(H2,13,14,17)/t7?,8?,9-/m1/s1. The van der Waals surface area contributed by atoms with Crippen LogP contribution in [0.25, 0.3) is 0 Å². The highest BCUT2D eigenvalue weighted by atomic mass is 16.4. The topological polar surface area (TPSA) is 78.4 Å². The van der Waals surface area contributed by atoms with Crippen molar-refractivity contribution in [2.45, 2.75) is 52.6 Å². The molecular weight excluding hydrogens is 220 g/mol. The molecule has 98 valence electrons. The largest absolute Gasteiger partial charge is 0.480 e. The molecular formula is C12H22N2O3. The predicted octanol–water partition coefficient (Wildman–Crippen LogP) is 1.58. The summed E-state index contributed by atoms with van der Waals surface area (Å²) in [4.78, 5) is 22.7. The normalized spacial score (nSPS) is 25.6. The van der Waals surface area contributed by atoms with Crippen LogP contribution in [0.1, 0.15) is 40.5 Å². The van der Waals surface area contributed by atoms with E-state index in [0.29, 0.717) is 5.92 Å². The van der Waals surface area contributed by atoms with Gasteiger partial charge in [-0.05, 0) is 24.2 Å². The molecule has 0 unspecified atom stereocenters.